The van der Waals surface area contributed by atoms with Crippen LogP contribution in [0.15, 0.2) is 30.3 Å². The Morgan fingerprint density at radius 2 is 1.00 bits per heavy atom. The molecule has 1 atom stereocenters. The van der Waals surface area contributed by atoms with Gasteiger partial charge in [0.2, 0.25) is 0 Å². The molecule has 0 aliphatic rings. The highest BCUT2D eigenvalue weighted by atomic mass is 15.3. The first-order valence-electron chi connectivity index (χ1n) is 12.1. The van der Waals surface area contributed by atoms with Crippen molar-refractivity contribution in [3.63, 3.8) is 0 Å². The first-order valence-corrected chi connectivity index (χ1v) is 12.1. The van der Waals surface area contributed by atoms with Gasteiger partial charge in [0.1, 0.15) is 6.54 Å². The fourth-order valence-electron chi connectivity index (χ4n) is 4.17. The predicted octanol–water partition coefficient (Wildman–Crippen LogP) is 8.13. The lowest BCUT2D eigenvalue weighted by molar-refractivity contribution is -0.923. The lowest BCUT2D eigenvalue weighted by atomic mass is 10.0. The summed E-state index contributed by atoms with van der Waals surface area (Å²) in [6.45, 7) is 8.47. The Balaban J connectivity index is 2.11. The Kier molecular flexibility index (Phi) is 14.5. The summed E-state index contributed by atoms with van der Waals surface area (Å²) in [5, 5.41) is 0. The van der Waals surface area contributed by atoms with E-state index in [1.807, 2.05) is 0 Å². The maximum Gasteiger partial charge on any atom is 0.104 e. The Morgan fingerprint density at radius 1 is 0.556 bits per heavy atom. The molecule has 0 aromatic heterocycles. The van der Waals surface area contributed by atoms with Crippen molar-refractivity contribution < 1.29 is 4.48 Å². The minimum atomic E-state index is 1.19. The van der Waals surface area contributed by atoms with E-state index in [1.165, 1.54) is 120 Å². The molecule has 0 heterocycles. The molecule has 1 aromatic carbocycles. The first kappa shape index (κ1) is 24.2. The van der Waals surface area contributed by atoms with Crippen LogP contribution in [0.25, 0.3) is 0 Å². The third-order valence-electron chi connectivity index (χ3n) is 6.01. The Bertz CT molecular complexity index is 427. The zero-order chi connectivity index (χ0) is 19.6. The van der Waals surface area contributed by atoms with Crippen LogP contribution in [0.3, 0.4) is 0 Å². The van der Waals surface area contributed by atoms with E-state index in [1.54, 1.807) is 0 Å². The minimum Gasteiger partial charge on any atom is -0.322 e. The van der Waals surface area contributed by atoms with E-state index in [0.29, 0.717) is 0 Å². The molecular formula is C26H48N+. The van der Waals surface area contributed by atoms with Crippen molar-refractivity contribution in [2.45, 2.75) is 110 Å². The molecule has 0 saturated carbocycles. The number of hydrogen-bond acceptors (Lipinski definition) is 0. The summed E-state index contributed by atoms with van der Waals surface area (Å²) in [5.41, 5.74) is 1.50. The molecular weight excluding hydrogens is 326 g/mol. The zero-order valence-corrected chi connectivity index (χ0v) is 18.9. The topological polar surface area (TPSA) is 0 Å². The average molecular weight is 375 g/mol. The average Bonchev–Trinajstić information content (AvgIpc) is 2.68. The fraction of sp³-hybridized carbons (Fsp3) is 0.769. The summed E-state index contributed by atoms with van der Waals surface area (Å²) in [6.07, 6.45) is 19.9. The van der Waals surface area contributed by atoms with Crippen LogP contribution in [0.1, 0.15) is 109 Å². The van der Waals surface area contributed by atoms with Crippen molar-refractivity contribution in [2.75, 3.05) is 20.1 Å². The smallest absolute Gasteiger partial charge is 0.104 e. The number of benzene rings is 1. The third kappa shape index (κ3) is 13.1. The van der Waals surface area contributed by atoms with E-state index in [4.69, 9.17) is 0 Å². The molecule has 1 aromatic rings. The lowest BCUT2D eigenvalue weighted by Crippen LogP contribution is -2.44. The molecule has 156 valence electrons. The number of unbranched alkanes of at least 4 members (excludes halogenated alkanes) is 12. The second kappa shape index (κ2) is 16.2. The molecule has 0 saturated heterocycles. The fourth-order valence-corrected chi connectivity index (χ4v) is 4.17. The molecule has 0 fully saturated rings. The van der Waals surface area contributed by atoms with E-state index in [2.05, 4.69) is 51.2 Å². The number of nitrogens with zero attached hydrogens (tertiary/aromatic N) is 1. The SMILES string of the molecule is CCCCCCCCCCCCCC[N+](C)(CCCC)Cc1ccccc1. The van der Waals surface area contributed by atoms with Gasteiger partial charge in [-0.1, -0.05) is 115 Å². The standard InChI is InChI=1S/C26H48N/c1-4-6-8-9-10-11-12-13-14-15-16-20-24-27(3,23-7-5-2)25-26-21-18-17-19-22-26/h17-19,21-22H,4-16,20,23-25H2,1-3H3/q+1. The molecule has 1 rings (SSSR count). The largest absolute Gasteiger partial charge is 0.322 e. The summed E-state index contributed by atoms with van der Waals surface area (Å²) in [7, 11) is 2.47. The van der Waals surface area contributed by atoms with Crippen LogP contribution in [-0.4, -0.2) is 24.6 Å². The van der Waals surface area contributed by atoms with Crippen LogP contribution in [0.5, 0.6) is 0 Å². The monoisotopic (exact) mass is 374 g/mol. The lowest BCUT2D eigenvalue weighted by Gasteiger charge is -2.35. The van der Waals surface area contributed by atoms with Gasteiger partial charge in [-0.05, 0) is 19.3 Å². The minimum absolute atomic E-state index is 1.19. The van der Waals surface area contributed by atoms with E-state index >= 15 is 0 Å². The highest BCUT2D eigenvalue weighted by molar-refractivity contribution is 5.13. The van der Waals surface area contributed by atoms with Crippen molar-refractivity contribution in [3.05, 3.63) is 35.9 Å². The van der Waals surface area contributed by atoms with Gasteiger partial charge in [0.25, 0.3) is 0 Å². The Labute approximate surface area is 171 Å². The van der Waals surface area contributed by atoms with Gasteiger partial charge < -0.3 is 4.48 Å². The van der Waals surface area contributed by atoms with Gasteiger partial charge in [-0.2, -0.15) is 0 Å². The van der Waals surface area contributed by atoms with E-state index in [0.717, 1.165) is 0 Å². The molecule has 1 nitrogen and oxygen atoms in total. The highest BCUT2D eigenvalue weighted by Gasteiger charge is 2.20. The summed E-state index contributed by atoms with van der Waals surface area (Å²) < 4.78 is 1.22. The van der Waals surface area contributed by atoms with E-state index in [-0.39, 0.29) is 0 Å². The summed E-state index contributed by atoms with van der Waals surface area (Å²) >= 11 is 0. The molecule has 0 bridgehead atoms. The van der Waals surface area contributed by atoms with Crippen LogP contribution < -0.4 is 0 Å². The van der Waals surface area contributed by atoms with Crippen LogP contribution in [-0.2, 0) is 6.54 Å². The van der Waals surface area contributed by atoms with Gasteiger partial charge in [0.15, 0.2) is 0 Å². The van der Waals surface area contributed by atoms with Gasteiger partial charge in [-0.15, -0.1) is 0 Å². The molecule has 0 amide bonds. The van der Waals surface area contributed by atoms with Crippen LogP contribution >= 0.6 is 0 Å². The molecule has 0 spiro atoms. The van der Waals surface area contributed by atoms with Gasteiger partial charge in [-0.25, -0.2) is 0 Å². The quantitative estimate of drug-likeness (QED) is 0.180. The van der Waals surface area contributed by atoms with Crippen LogP contribution in [0.2, 0.25) is 0 Å². The number of rotatable bonds is 18. The second-order valence-corrected chi connectivity index (χ2v) is 8.95. The van der Waals surface area contributed by atoms with Crippen molar-refractivity contribution in [2.24, 2.45) is 0 Å². The number of quaternary nitrogens is 1. The van der Waals surface area contributed by atoms with Crippen molar-refractivity contribution >= 4 is 0 Å². The molecule has 1 heteroatoms. The van der Waals surface area contributed by atoms with Crippen molar-refractivity contribution in [3.8, 4) is 0 Å². The number of hydrogen-bond donors (Lipinski definition) is 0. The molecule has 27 heavy (non-hydrogen) atoms. The molecule has 0 aliphatic carbocycles. The first-order chi connectivity index (χ1) is 13.2. The summed E-state index contributed by atoms with van der Waals surface area (Å²) in [5.74, 6) is 0. The Morgan fingerprint density at radius 3 is 1.52 bits per heavy atom. The third-order valence-corrected chi connectivity index (χ3v) is 6.01. The molecule has 0 aliphatic heterocycles. The van der Waals surface area contributed by atoms with Crippen molar-refractivity contribution in [1.29, 1.82) is 0 Å². The van der Waals surface area contributed by atoms with Crippen LogP contribution in [0, 0.1) is 0 Å². The normalized spacial score (nSPS) is 13.6. The summed E-state index contributed by atoms with van der Waals surface area (Å²) in [4.78, 5) is 0. The van der Waals surface area contributed by atoms with Gasteiger partial charge in [-0.3, -0.25) is 0 Å². The van der Waals surface area contributed by atoms with Gasteiger partial charge in [0.05, 0.1) is 20.1 Å². The maximum atomic E-state index is 2.47. The molecule has 0 N–H and O–H groups in total. The maximum absolute atomic E-state index is 2.47. The highest BCUT2D eigenvalue weighted by Crippen LogP contribution is 2.17. The van der Waals surface area contributed by atoms with Crippen molar-refractivity contribution in [1.82, 2.24) is 0 Å². The van der Waals surface area contributed by atoms with E-state index in [9.17, 15) is 0 Å². The zero-order valence-electron chi connectivity index (χ0n) is 18.9. The second-order valence-electron chi connectivity index (χ2n) is 8.95. The molecule has 1 unspecified atom stereocenters. The summed E-state index contributed by atoms with van der Waals surface area (Å²) in [6, 6.07) is 11.1. The van der Waals surface area contributed by atoms with Crippen LogP contribution in [0.4, 0.5) is 0 Å². The van der Waals surface area contributed by atoms with E-state index < -0.39 is 0 Å². The van der Waals surface area contributed by atoms with Gasteiger partial charge >= 0.3 is 0 Å². The Hall–Kier alpha value is -0.820. The molecule has 0 radical (unpaired) electrons. The predicted molar refractivity (Wildman–Crippen MR) is 122 cm³/mol. The van der Waals surface area contributed by atoms with Gasteiger partial charge in [0, 0.05) is 5.56 Å².